The first-order valence-corrected chi connectivity index (χ1v) is 4.85. The van der Waals surface area contributed by atoms with Crippen LogP contribution in [0.2, 0.25) is 0 Å². The van der Waals surface area contributed by atoms with Crippen molar-refractivity contribution >= 4 is 22.4 Å². The van der Waals surface area contributed by atoms with Gasteiger partial charge in [0, 0.05) is 13.7 Å². The molecule has 0 spiro atoms. The highest BCUT2D eigenvalue weighted by molar-refractivity contribution is 7.13. The predicted octanol–water partition coefficient (Wildman–Crippen LogP) is 0.440. The number of hydrogen-bond acceptors (Lipinski definition) is 6. The van der Waals surface area contributed by atoms with E-state index in [4.69, 9.17) is 9.84 Å². The van der Waals surface area contributed by atoms with E-state index in [-0.39, 0.29) is 12.5 Å². The van der Waals surface area contributed by atoms with Crippen molar-refractivity contribution in [1.29, 1.82) is 0 Å². The third kappa shape index (κ3) is 3.67. The van der Waals surface area contributed by atoms with Crippen LogP contribution in [0.1, 0.15) is 6.42 Å². The van der Waals surface area contributed by atoms with E-state index in [0.29, 0.717) is 11.7 Å². The van der Waals surface area contributed by atoms with E-state index in [1.165, 1.54) is 18.4 Å². The van der Waals surface area contributed by atoms with Crippen LogP contribution in [0.25, 0.3) is 0 Å². The number of nitrogens with one attached hydrogen (secondary N) is 1. The van der Waals surface area contributed by atoms with Crippen molar-refractivity contribution in [3.8, 4) is 0 Å². The highest BCUT2D eigenvalue weighted by Crippen LogP contribution is 2.08. The number of carboxylic acids is 1. The molecule has 7 heteroatoms. The Balaban J connectivity index is 2.30. The van der Waals surface area contributed by atoms with Crippen molar-refractivity contribution < 1.29 is 14.6 Å². The van der Waals surface area contributed by atoms with Crippen LogP contribution >= 0.6 is 11.3 Å². The topological polar surface area (TPSA) is 84.3 Å². The zero-order valence-corrected chi connectivity index (χ0v) is 8.45. The van der Waals surface area contributed by atoms with Crippen LogP contribution in [-0.4, -0.2) is 41.0 Å². The van der Waals surface area contributed by atoms with Crippen molar-refractivity contribution in [2.24, 2.45) is 0 Å². The lowest BCUT2D eigenvalue weighted by Crippen LogP contribution is -2.24. The van der Waals surface area contributed by atoms with Crippen molar-refractivity contribution in [2.45, 2.75) is 12.5 Å². The summed E-state index contributed by atoms with van der Waals surface area (Å²) in [5, 5.41) is 19.5. The molecular formula is C7H11N3O3S. The molecule has 1 atom stereocenters. The molecule has 1 unspecified atom stereocenters. The molecule has 0 saturated heterocycles. The average molecular weight is 217 g/mol. The molecule has 0 fully saturated rings. The number of nitrogens with zero attached hydrogens (tertiary/aromatic N) is 2. The van der Waals surface area contributed by atoms with Gasteiger partial charge in [0.1, 0.15) is 5.51 Å². The smallest absolute Gasteiger partial charge is 0.306 e. The highest BCUT2D eigenvalue weighted by Gasteiger charge is 2.12. The van der Waals surface area contributed by atoms with Gasteiger partial charge in [-0.25, -0.2) is 0 Å². The molecule has 0 aliphatic carbocycles. The molecule has 78 valence electrons. The van der Waals surface area contributed by atoms with E-state index >= 15 is 0 Å². The molecular weight excluding hydrogens is 206 g/mol. The van der Waals surface area contributed by atoms with Crippen LogP contribution in [0.4, 0.5) is 5.13 Å². The summed E-state index contributed by atoms with van der Waals surface area (Å²) in [6, 6.07) is 0. The fourth-order valence-corrected chi connectivity index (χ4v) is 1.34. The average Bonchev–Trinajstić information content (AvgIpc) is 2.64. The van der Waals surface area contributed by atoms with Crippen molar-refractivity contribution in [1.82, 2.24) is 10.2 Å². The minimum absolute atomic E-state index is 0.0255. The summed E-state index contributed by atoms with van der Waals surface area (Å²) in [6.07, 6.45) is -0.376. The van der Waals surface area contributed by atoms with Gasteiger partial charge in [0.05, 0.1) is 12.5 Å². The zero-order valence-electron chi connectivity index (χ0n) is 7.64. The second kappa shape index (κ2) is 5.51. The first-order valence-electron chi connectivity index (χ1n) is 3.97. The highest BCUT2D eigenvalue weighted by atomic mass is 32.1. The first-order chi connectivity index (χ1) is 6.72. The lowest BCUT2D eigenvalue weighted by atomic mass is 10.2. The Bertz CT molecular complexity index is 278. The molecule has 1 aromatic rings. The standard InChI is InChI=1S/C7H11N3O3S/c1-13-5(2-6(11)12)3-8-7-10-9-4-14-7/h4-5H,2-3H2,1H3,(H,8,10)(H,11,12). The number of carboxylic acid groups (broad SMARTS) is 1. The first kappa shape index (κ1) is 10.9. The van der Waals surface area contributed by atoms with E-state index in [1.54, 1.807) is 5.51 Å². The second-order valence-corrected chi connectivity index (χ2v) is 3.41. The summed E-state index contributed by atoms with van der Waals surface area (Å²) in [6.45, 7) is 0.415. The van der Waals surface area contributed by atoms with Crippen molar-refractivity contribution in [2.75, 3.05) is 19.0 Å². The van der Waals surface area contributed by atoms with E-state index in [0.717, 1.165) is 0 Å². The zero-order chi connectivity index (χ0) is 10.4. The summed E-state index contributed by atoms with van der Waals surface area (Å²) < 4.78 is 4.97. The quantitative estimate of drug-likeness (QED) is 0.719. The Morgan fingerprint density at radius 1 is 1.86 bits per heavy atom. The fourth-order valence-electron chi connectivity index (χ4n) is 0.885. The molecule has 0 bridgehead atoms. The number of ether oxygens (including phenoxy) is 1. The maximum atomic E-state index is 10.4. The fraction of sp³-hybridized carbons (Fsp3) is 0.571. The molecule has 0 radical (unpaired) electrons. The molecule has 0 amide bonds. The lowest BCUT2D eigenvalue weighted by Gasteiger charge is -2.12. The number of anilines is 1. The van der Waals surface area contributed by atoms with Gasteiger partial charge in [-0.2, -0.15) is 0 Å². The van der Waals surface area contributed by atoms with Crippen molar-refractivity contribution in [3.05, 3.63) is 5.51 Å². The lowest BCUT2D eigenvalue weighted by molar-refractivity contribution is -0.139. The maximum absolute atomic E-state index is 10.4. The molecule has 0 aliphatic rings. The summed E-state index contributed by atoms with van der Waals surface area (Å²) in [5.74, 6) is -0.879. The predicted molar refractivity (Wildman–Crippen MR) is 51.4 cm³/mol. The van der Waals surface area contributed by atoms with Gasteiger partial charge in [0.2, 0.25) is 5.13 Å². The van der Waals surface area contributed by atoms with Gasteiger partial charge in [-0.1, -0.05) is 11.3 Å². The number of aromatic nitrogens is 2. The molecule has 1 aromatic heterocycles. The van der Waals surface area contributed by atoms with Crippen LogP contribution in [-0.2, 0) is 9.53 Å². The summed E-state index contributed by atoms with van der Waals surface area (Å²) >= 11 is 1.36. The third-order valence-electron chi connectivity index (χ3n) is 1.58. The number of aliphatic carboxylic acids is 1. The molecule has 14 heavy (non-hydrogen) atoms. The normalized spacial score (nSPS) is 12.4. The molecule has 1 heterocycles. The van der Waals surface area contributed by atoms with Gasteiger partial charge in [0.25, 0.3) is 0 Å². The monoisotopic (exact) mass is 217 g/mol. The molecule has 0 aromatic carbocycles. The molecule has 6 nitrogen and oxygen atoms in total. The number of carbonyl (C=O) groups is 1. The van der Waals surface area contributed by atoms with Crippen LogP contribution in [0.15, 0.2) is 5.51 Å². The van der Waals surface area contributed by atoms with Crippen LogP contribution < -0.4 is 5.32 Å². The van der Waals surface area contributed by atoms with Gasteiger partial charge in [0.15, 0.2) is 0 Å². The van der Waals surface area contributed by atoms with Crippen LogP contribution in [0, 0.1) is 0 Å². The second-order valence-electron chi connectivity index (χ2n) is 2.58. The number of hydrogen-bond donors (Lipinski definition) is 2. The van der Waals surface area contributed by atoms with E-state index in [2.05, 4.69) is 15.5 Å². The van der Waals surface area contributed by atoms with Gasteiger partial charge < -0.3 is 15.2 Å². The summed E-state index contributed by atoms with van der Waals surface area (Å²) in [7, 11) is 1.48. The molecule has 0 saturated carbocycles. The largest absolute Gasteiger partial charge is 0.481 e. The Morgan fingerprint density at radius 3 is 3.14 bits per heavy atom. The SMILES string of the molecule is COC(CNc1nncs1)CC(=O)O. The van der Waals surface area contributed by atoms with Crippen molar-refractivity contribution in [3.63, 3.8) is 0 Å². The number of rotatable bonds is 6. The minimum Gasteiger partial charge on any atom is -0.481 e. The molecule has 1 rings (SSSR count). The Labute approximate surface area is 84.9 Å². The Morgan fingerprint density at radius 2 is 2.64 bits per heavy atom. The van der Waals surface area contributed by atoms with E-state index < -0.39 is 5.97 Å². The third-order valence-corrected chi connectivity index (χ3v) is 2.23. The van der Waals surface area contributed by atoms with E-state index in [1.807, 2.05) is 0 Å². The van der Waals surface area contributed by atoms with E-state index in [9.17, 15) is 4.79 Å². The van der Waals surface area contributed by atoms with Gasteiger partial charge in [-0.3, -0.25) is 4.79 Å². The molecule has 2 N–H and O–H groups in total. The van der Waals surface area contributed by atoms with Gasteiger partial charge in [-0.15, -0.1) is 10.2 Å². The Hall–Kier alpha value is -1.21. The maximum Gasteiger partial charge on any atom is 0.306 e. The summed E-state index contributed by atoms with van der Waals surface area (Å²) in [5.41, 5.74) is 1.60. The van der Waals surface area contributed by atoms with Crippen LogP contribution in [0.5, 0.6) is 0 Å². The number of methoxy groups -OCH3 is 1. The van der Waals surface area contributed by atoms with Crippen LogP contribution in [0.3, 0.4) is 0 Å². The van der Waals surface area contributed by atoms with Gasteiger partial charge >= 0.3 is 5.97 Å². The molecule has 0 aliphatic heterocycles. The minimum atomic E-state index is -0.879. The van der Waals surface area contributed by atoms with Gasteiger partial charge in [-0.05, 0) is 0 Å². The Kier molecular flexibility index (Phi) is 4.27. The summed E-state index contributed by atoms with van der Waals surface area (Å²) in [4.78, 5) is 10.4.